The van der Waals surface area contributed by atoms with Crippen molar-refractivity contribution < 1.29 is 9.59 Å². The molecular weight excluding hydrogens is 412 g/mol. The summed E-state index contributed by atoms with van der Waals surface area (Å²) in [5.74, 6) is 2.04. The number of fused-ring (bicyclic) bond motifs is 1. The second kappa shape index (κ2) is 10.8. The molecule has 1 aliphatic heterocycles. The fraction of sp³-hybridized carbons (Fsp3) is 0.444. The Bertz CT molecular complexity index is 947. The number of nitrogens with zero attached hydrogens (tertiary/aromatic N) is 3. The van der Waals surface area contributed by atoms with Gasteiger partial charge < -0.3 is 10.2 Å². The second-order valence-corrected chi connectivity index (χ2v) is 8.97. The number of rotatable bonds is 10. The molecule has 2 fully saturated rings. The Kier molecular flexibility index (Phi) is 7.55. The average Bonchev–Trinajstić information content (AvgIpc) is 3.29. The molecule has 2 heterocycles. The average molecular weight is 447 g/mol. The van der Waals surface area contributed by atoms with Gasteiger partial charge in [-0.15, -0.1) is 0 Å². The number of aromatic nitrogens is 1. The molecule has 6 nitrogen and oxygen atoms in total. The largest absolute Gasteiger partial charge is 0.353 e. The molecule has 1 unspecified atom stereocenters. The lowest BCUT2D eigenvalue weighted by atomic mass is 10.0. The van der Waals surface area contributed by atoms with E-state index in [4.69, 9.17) is 0 Å². The van der Waals surface area contributed by atoms with Gasteiger partial charge in [0.2, 0.25) is 11.8 Å². The number of amides is 2. The van der Waals surface area contributed by atoms with E-state index >= 15 is 0 Å². The molecule has 2 aliphatic rings. The normalized spacial score (nSPS) is 22.7. The number of likely N-dealkylation sites (N-methyl/N-ethyl adjacent to an activating group) is 1. The van der Waals surface area contributed by atoms with Crippen LogP contribution in [0.4, 0.5) is 0 Å². The summed E-state index contributed by atoms with van der Waals surface area (Å²) in [4.78, 5) is 33.8. The van der Waals surface area contributed by atoms with Gasteiger partial charge in [0.05, 0.1) is 0 Å². The van der Waals surface area contributed by atoms with Crippen molar-refractivity contribution >= 4 is 17.9 Å². The first-order chi connectivity index (χ1) is 16.1. The fourth-order valence-corrected chi connectivity index (χ4v) is 5.24. The maximum Gasteiger partial charge on any atom is 0.244 e. The molecule has 2 aromatic rings. The molecule has 6 heteroatoms. The van der Waals surface area contributed by atoms with Crippen molar-refractivity contribution in [1.29, 1.82) is 0 Å². The molecule has 1 aliphatic carbocycles. The van der Waals surface area contributed by atoms with Gasteiger partial charge in [0.1, 0.15) is 6.04 Å². The van der Waals surface area contributed by atoms with Crippen LogP contribution >= 0.6 is 0 Å². The highest BCUT2D eigenvalue weighted by molar-refractivity contribution is 5.91. The summed E-state index contributed by atoms with van der Waals surface area (Å²) in [6.45, 7) is 8.15. The first-order valence-corrected chi connectivity index (χ1v) is 12.1. The van der Waals surface area contributed by atoms with Crippen molar-refractivity contribution in [1.82, 2.24) is 20.1 Å². The van der Waals surface area contributed by atoms with Crippen molar-refractivity contribution in [3.8, 4) is 0 Å². The van der Waals surface area contributed by atoms with Gasteiger partial charge in [0.25, 0.3) is 0 Å². The Labute approximate surface area is 196 Å². The summed E-state index contributed by atoms with van der Waals surface area (Å²) >= 11 is 0. The zero-order valence-electron chi connectivity index (χ0n) is 19.6. The molecule has 2 amide bonds. The van der Waals surface area contributed by atoms with Crippen molar-refractivity contribution in [2.24, 2.45) is 17.8 Å². The first-order valence-electron chi connectivity index (χ1n) is 12.1. The molecule has 0 bridgehead atoms. The number of nitrogens with one attached hydrogen (secondary N) is 1. The van der Waals surface area contributed by atoms with E-state index in [9.17, 15) is 9.59 Å². The van der Waals surface area contributed by atoms with Crippen molar-refractivity contribution in [2.45, 2.75) is 26.3 Å². The van der Waals surface area contributed by atoms with E-state index in [2.05, 4.69) is 27.3 Å². The standard InChI is InChI=1S/C27H34N4O2/c1-3-30(4-2)27(33)26(21-10-6-5-7-11-21)31-18-23-22(24(23)19-31)14-16-29-25(32)13-12-20-9-8-15-28-17-20/h5-13,15,17,22-24,26H,3-4,14,16,18-19H2,1-2H3,(H,29,32)/b13-12+/t22-,23-,24+,26?. The smallest absolute Gasteiger partial charge is 0.244 e. The molecule has 1 aromatic carbocycles. The molecule has 174 valence electrons. The van der Waals surface area contributed by atoms with Gasteiger partial charge in [0, 0.05) is 51.2 Å². The van der Waals surface area contributed by atoms with Crippen molar-refractivity contribution in [2.75, 3.05) is 32.7 Å². The quantitative estimate of drug-likeness (QED) is 0.568. The monoisotopic (exact) mass is 446 g/mol. The Hall–Kier alpha value is -2.99. The molecule has 4 atom stereocenters. The number of hydrogen-bond acceptors (Lipinski definition) is 4. The Morgan fingerprint density at radius 1 is 1.12 bits per heavy atom. The summed E-state index contributed by atoms with van der Waals surface area (Å²) in [5.41, 5.74) is 2.00. The Balaban J connectivity index is 1.27. The minimum atomic E-state index is -0.197. The van der Waals surface area contributed by atoms with Crippen LogP contribution in [0.3, 0.4) is 0 Å². The van der Waals surface area contributed by atoms with E-state index in [1.165, 1.54) is 0 Å². The second-order valence-electron chi connectivity index (χ2n) is 8.97. The number of benzene rings is 1. The lowest BCUT2D eigenvalue weighted by Gasteiger charge is -2.33. The maximum absolute atomic E-state index is 13.3. The maximum atomic E-state index is 13.3. The van der Waals surface area contributed by atoms with Gasteiger partial charge in [-0.05, 0) is 61.3 Å². The van der Waals surface area contributed by atoms with E-state index in [0.717, 1.165) is 43.7 Å². The van der Waals surface area contributed by atoms with E-state index in [-0.39, 0.29) is 17.9 Å². The molecular formula is C27H34N4O2. The lowest BCUT2D eigenvalue weighted by molar-refractivity contribution is -0.136. The molecule has 1 aromatic heterocycles. The summed E-state index contributed by atoms with van der Waals surface area (Å²) in [7, 11) is 0. The van der Waals surface area contributed by atoms with Gasteiger partial charge in [0.15, 0.2) is 0 Å². The molecule has 1 N–H and O–H groups in total. The fourth-order valence-electron chi connectivity index (χ4n) is 5.24. The van der Waals surface area contributed by atoms with E-state index in [0.29, 0.717) is 24.3 Å². The van der Waals surface area contributed by atoms with E-state index < -0.39 is 0 Å². The zero-order chi connectivity index (χ0) is 23.2. The molecule has 4 rings (SSSR count). The van der Waals surface area contributed by atoms with Gasteiger partial charge in [-0.25, -0.2) is 0 Å². The SMILES string of the molecule is CCN(CC)C(=O)C(c1ccccc1)N1C[C@@H]2[C@@H](CCNC(=O)/C=C/c3cccnc3)[C@@H]2C1. The molecule has 1 saturated carbocycles. The van der Waals surface area contributed by atoms with Crippen LogP contribution in [0.15, 0.2) is 60.9 Å². The van der Waals surface area contributed by atoms with Gasteiger partial charge in [-0.3, -0.25) is 19.5 Å². The van der Waals surface area contributed by atoms with Crippen LogP contribution in [0.25, 0.3) is 6.08 Å². The topological polar surface area (TPSA) is 65.5 Å². The third kappa shape index (κ3) is 5.50. The number of carbonyl (C=O) groups excluding carboxylic acids is 2. The highest BCUT2D eigenvalue weighted by atomic mass is 16.2. The molecule has 1 saturated heterocycles. The third-order valence-corrected chi connectivity index (χ3v) is 7.08. The minimum Gasteiger partial charge on any atom is -0.353 e. The van der Waals surface area contributed by atoms with Crippen LogP contribution < -0.4 is 5.32 Å². The molecule has 33 heavy (non-hydrogen) atoms. The third-order valence-electron chi connectivity index (χ3n) is 7.08. The van der Waals surface area contributed by atoms with Gasteiger partial charge in [-0.1, -0.05) is 36.4 Å². The van der Waals surface area contributed by atoms with Crippen LogP contribution in [-0.2, 0) is 9.59 Å². The minimum absolute atomic E-state index is 0.0692. The predicted octanol–water partition coefficient (Wildman–Crippen LogP) is 3.39. The van der Waals surface area contributed by atoms with Crippen LogP contribution in [0, 0.1) is 17.8 Å². The number of likely N-dealkylation sites (tertiary alicyclic amines) is 1. The summed E-state index contributed by atoms with van der Waals surface area (Å²) in [6, 6.07) is 13.7. The van der Waals surface area contributed by atoms with Crippen LogP contribution in [-0.4, -0.2) is 59.3 Å². The molecule has 0 radical (unpaired) electrons. The van der Waals surface area contributed by atoms with Gasteiger partial charge >= 0.3 is 0 Å². The lowest BCUT2D eigenvalue weighted by Crippen LogP contribution is -2.43. The van der Waals surface area contributed by atoms with Gasteiger partial charge in [-0.2, -0.15) is 0 Å². The number of hydrogen-bond donors (Lipinski definition) is 1. The summed E-state index contributed by atoms with van der Waals surface area (Å²) in [6.07, 6.45) is 7.79. The van der Waals surface area contributed by atoms with E-state index in [1.54, 1.807) is 24.5 Å². The van der Waals surface area contributed by atoms with E-state index in [1.807, 2.05) is 49.1 Å². The first kappa shape index (κ1) is 23.2. The zero-order valence-corrected chi connectivity index (χ0v) is 19.6. The summed E-state index contributed by atoms with van der Waals surface area (Å²) < 4.78 is 0. The van der Waals surface area contributed by atoms with Crippen LogP contribution in [0.2, 0.25) is 0 Å². The molecule has 0 spiro atoms. The van der Waals surface area contributed by atoms with Crippen molar-refractivity contribution in [3.63, 3.8) is 0 Å². The predicted molar refractivity (Wildman–Crippen MR) is 130 cm³/mol. The van der Waals surface area contributed by atoms with Crippen LogP contribution in [0.5, 0.6) is 0 Å². The van der Waals surface area contributed by atoms with Crippen LogP contribution in [0.1, 0.15) is 37.4 Å². The Morgan fingerprint density at radius 2 is 1.85 bits per heavy atom. The highest BCUT2D eigenvalue weighted by Crippen LogP contribution is 2.55. The summed E-state index contributed by atoms with van der Waals surface area (Å²) in [5, 5.41) is 3.00. The van der Waals surface area contributed by atoms with Crippen molar-refractivity contribution in [3.05, 3.63) is 72.1 Å². The highest BCUT2D eigenvalue weighted by Gasteiger charge is 2.56. The Morgan fingerprint density at radius 3 is 2.48 bits per heavy atom. The number of carbonyl (C=O) groups is 2. The number of pyridine rings is 1. The number of piperidine rings is 1.